The Kier molecular flexibility index (Phi) is 5.52. The van der Waals surface area contributed by atoms with Crippen molar-refractivity contribution in [2.75, 3.05) is 12.8 Å². The van der Waals surface area contributed by atoms with E-state index in [-0.39, 0.29) is 10.8 Å². The molecule has 0 spiro atoms. The summed E-state index contributed by atoms with van der Waals surface area (Å²) in [5.74, 6) is -0.925. The largest absolute Gasteiger partial charge is 0.480 e. The first-order valence-electron chi connectivity index (χ1n) is 6.66. The molecule has 1 fully saturated rings. The van der Waals surface area contributed by atoms with Crippen molar-refractivity contribution in [3.05, 3.63) is 0 Å². The summed E-state index contributed by atoms with van der Waals surface area (Å²) in [5, 5.41) is 14.8. The van der Waals surface area contributed by atoms with Gasteiger partial charge in [-0.2, -0.15) is 11.8 Å². The molecule has 1 saturated carbocycles. The lowest BCUT2D eigenvalue weighted by Crippen LogP contribution is -2.58. The number of thioether (sulfide) groups is 1. The van der Waals surface area contributed by atoms with Gasteiger partial charge < -0.3 is 15.7 Å². The zero-order valence-electron chi connectivity index (χ0n) is 11.9. The van der Waals surface area contributed by atoms with E-state index < -0.39 is 11.5 Å². The van der Waals surface area contributed by atoms with E-state index in [2.05, 4.69) is 10.6 Å². The molecule has 0 unspecified atom stereocenters. The molecule has 1 aliphatic rings. The molecule has 0 aromatic rings. The van der Waals surface area contributed by atoms with Crippen LogP contribution in [0.15, 0.2) is 0 Å². The summed E-state index contributed by atoms with van der Waals surface area (Å²) in [5.41, 5.74) is -1.08. The van der Waals surface area contributed by atoms with Gasteiger partial charge in [0.05, 0.1) is 0 Å². The van der Waals surface area contributed by atoms with Gasteiger partial charge in [0, 0.05) is 11.3 Å². The Balaban J connectivity index is 2.55. The van der Waals surface area contributed by atoms with E-state index in [4.69, 9.17) is 0 Å². The highest BCUT2D eigenvalue weighted by Gasteiger charge is 2.41. The fourth-order valence-corrected chi connectivity index (χ4v) is 2.39. The number of carbonyl (C=O) groups is 2. The number of nitrogens with one attached hydrogen (secondary N) is 2. The van der Waals surface area contributed by atoms with Gasteiger partial charge in [-0.05, 0) is 32.9 Å². The van der Waals surface area contributed by atoms with Crippen molar-refractivity contribution in [1.82, 2.24) is 10.6 Å². The minimum atomic E-state index is -1.08. The zero-order valence-corrected chi connectivity index (χ0v) is 12.7. The van der Waals surface area contributed by atoms with Crippen molar-refractivity contribution in [3.8, 4) is 0 Å². The van der Waals surface area contributed by atoms with Crippen LogP contribution in [-0.4, -0.2) is 40.2 Å². The summed E-state index contributed by atoms with van der Waals surface area (Å²) in [6.45, 7) is 4.58. The highest BCUT2D eigenvalue weighted by Crippen LogP contribution is 2.28. The van der Waals surface area contributed by atoms with Crippen molar-refractivity contribution >= 4 is 23.8 Å². The molecule has 19 heavy (non-hydrogen) atoms. The quantitative estimate of drug-likeness (QED) is 0.725. The molecular formula is C13H24N2O3S. The maximum Gasteiger partial charge on any atom is 0.329 e. The summed E-state index contributed by atoms with van der Waals surface area (Å²) < 4.78 is -0.0553. The van der Waals surface area contributed by atoms with E-state index in [1.54, 1.807) is 11.8 Å². The maximum atomic E-state index is 11.9. The molecule has 2 amide bonds. The minimum absolute atomic E-state index is 0.0553. The third-order valence-electron chi connectivity index (χ3n) is 3.70. The normalized spacial score (nSPS) is 18.7. The van der Waals surface area contributed by atoms with Gasteiger partial charge in [0.25, 0.3) is 0 Å². The van der Waals surface area contributed by atoms with Crippen LogP contribution in [-0.2, 0) is 4.79 Å². The third kappa shape index (κ3) is 4.60. The summed E-state index contributed by atoms with van der Waals surface area (Å²) >= 11 is 1.66. The van der Waals surface area contributed by atoms with Crippen molar-refractivity contribution in [1.29, 1.82) is 0 Å². The molecular weight excluding hydrogens is 264 g/mol. The molecule has 0 saturated heterocycles. The van der Waals surface area contributed by atoms with Crippen molar-refractivity contribution in [3.63, 3.8) is 0 Å². The van der Waals surface area contributed by atoms with Crippen LogP contribution in [0, 0.1) is 0 Å². The second-order valence-electron chi connectivity index (χ2n) is 5.72. The highest BCUT2D eigenvalue weighted by atomic mass is 32.2. The predicted molar refractivity (Wildman–Crippen MR) is 77.6 cm³/mol. The van der Waals surface area contributed by atoms with Gasteiger partial charge in [0.1, 0.15) is 5.54 Å². The summed E-state index contributed by atoms with van der Waals surface area (Å²) in [6, 6.07) is -0.383. The first-order chi connectivity index (χ1) is 8.81. The molecule has 1 aliphatic carbocycles. The second-order valence-corrected chi connectivity index (χ2v) is 7.23. The van der Waals surface area contributed by atoms with E-state index in [1.165, 1.54) is 0 Å². The number of rotatable bonds is 5. The van der Waals surface area contributed by atoms with Gasteiger partial charge in [-0.15, -0.1) is 0 Å². The molecule has 0 bridgehead atoms. The Hall–Kier alpha value is -0.910. The van der Waals surface area contributed by atoms with Crippen molar-refractivity contribution < 1.29 is 14.7 Å². The summed E-state index contributed by atoms with van der Waals surface area (Å²) in [7, 11) is 0. The van der Waals surface area contributed by atoms with Gasteiger partial charge >= 0.3 is 12.0 Å². The van der Waals surface area contributed by atoms with E-state index in [0.717, 1.165) is 19.3 Å². The zero-order chi connectivity index (χ0) is 14.5. The molecule has 0 atom stereocenters. The smallest absolute Gasteiger partial charge is 0.329 e. The Morgan fingerprint density at radius 2 is 1.84 bits per heavy atom. The van der Waals surface area contributed by atoms with Crippen LogP contribution in [0.1, 0.15) is 46.0 Å². The minimum Gasteiger partial charge on any atom is -0.480 e. The number of amides is 2. The SMILES string of the molecule is CSC(C)(C)CNC(=O)NC1(C(=O)O)CCCCC1. The molecule has 110 valence electrons. The maximum absolute atomic E-state index is 11.9. The van der Waals surface area contributed by atoms with Crippen LogP contribution < -0.4 is 10.6 Å². The first-order valence-corrected chi connectivity index (χ1v) is 7.88. The van der Waals surface area contributed by atoms with Gasteiger partial charge in [-0.1, -0.05) is 19.3 Å². The third-order valence-corrected chi connectivity index (χ3v) is 4.95. The molecule has 3 N–H and O–H groups in total. The molecule has 0 radical (unpaired) electrons. The van der Waals surface area contributed by atoms with Gasteiger partial charge in [-0.3, -0.25) is 0 Å². The van der Waals surface area contributed by atoms with Gasteiger partial charge in [-0.25, -0.2) is 9.59 Å². The predicted octanol–water partition coefficient (Wildman–Crippen LogP) is 2.21. The number of carbonyl (C=O) groups excluding carboxylic acids is 1. The van der Waals surface area contributed by atoms with E-state index in [0.29, 0.717) is 19.4 Å². The summed E-state index contributed by atoms with van der Waals surface area (Å²) in [4.78, 5) is 23.3. The Morgan fingerprint density at radius 3 is 2.32 bits per heavy atom. The highest BCUT2D eigenvalue weighted by molar-refractivity contribution is 7.99. The van der Waals surface area contributed by atoms with E-state index in [9.17, 15) is 14.7 Å². The van der Waals surface area contributed by atoms with E-state index >= 15 is 0 Å². The molecule has 1 rings (SSSR count). The average molecular weight is 288 g/mol. The topological polar surface area (TPSA) is 78.4 Å². The molecule has 0 aliphatic heterocycles. The number of hydrogen-bond donors (Lipinski definition) is 3. The van der Waals surface area contributed by atoms with Crippen LogP contribution in [0.5, 0.6) is 0 Å². The lowest BCUT2D eigenvalue weighted by molar-refractivity contribution is -0.145. The van der Waals surface area contributed by atoms with Crippen LogP contribution in [0.2, 0.25) is 0 Å². The van der Waals surface area contributed by atoms with Crippen LogP contribution in [0.3, 0.4) is 0 Å². The fourth-order valence-electron chi connectivity index (χ4n) is 2.17. The number of carboxylic acid groups (broad SMARTS) is 1. The molecule has 0 aromatic carbocycles. The second kappa shape index (κ2) is 6.50. The first kappa shape index (κ1) is 16.1. The average Bonchev–Trinajstić information content (AvgIpc) is 2.37. The fraction of sp³-hybridized carbons (Fsp3) is 0.846. The lowest BCUT2D eigenvalue weighted by Gasteiger charge is -2.34. The molecule has 0 heterocycles. The van der Waals surface area contributed by atoms with Crippen molar-refractivity contribution in [2.45, 2.75) is 56.2 Å². The standard InChI is InChI=1S/C13H24N2O3S/c1-12(2,19-3)9-14-11(18)15-13(10(16)17)7-5-4-6-8-13/h4-9H2,1-3H3,(H,16,17)(H2,14,15,18). The molecule has 5 nitrogen and oxygen atoms in total. The van der Waals surface area contributed by atoms with Crippen LogP contribution >= 0.6 is 11.8 Å². The molecule has 0 aromatic heterocycles. The monoisotopic (exact) mass is 288 g/mol. The van der Waals surface area contributed by atoms with Crippen molar-refractivity contribution in [2.24, 2.45) is 0 Å². The Labute approximate surface area is 118 Å². The lowest BCUT2D eigenvalue weighted by atomic mass is 9.82. The number of hydrogen-bond acceptors (Lipinski definition) is 3. The Bertz CT molecular complexity index is 339. The Morgan fingerprint density at radius 1 is 1.26 bits per heavy atom. The van der Waals surface area contributed by atoms with E-state index in [1.807, 2.05) is 20.1 Å². The molecule has 6 heteroatoms. The number of urea groups is 1. The van der Waals surface area contributed by atoms with Gasteiger partial charge in [0.2, 0.25) is 0 Å². The number of carboxylic acids is 1. The van der Waals surface area contributed by atoms with Crippen LogP contribution in [0.4, 0.5) is 4.79 Å². The number of aliphatic carboxylic acids is 1. The summed E-state index contributed by atoms with van der Waals surface area (Å²) in [6.07, 6.45) is 5.76. The van der Waals surface area contributed by atoms with Crippen LogP contribution in [0.25, 0.3) is 0 Å². The van der Waals surface area contributed by atoms with Gasteiger partial charge in [0.15, 0.2) is 0 Å².